The maximum absolute atomic E-state index is 11.9. The van der Waals surface area contributed by atoms with Crippen molar-refractivity contribution in [1.29, 1.82) is 0 Å². The monoisotopic (exact) mass is 322 g/mol. The van der Waals surface area contributed by atoms with Crippen molar-refractivity contribution in [3.05, 3.63) is 24.3 Å². The minimum atomic E-state index is -0.202. The number of methoxy groups -OCH3 is 1. The number of carbonyl (C=O) groups is 1. The second-order valence-corrected chi connectivity index (χ2v) is 4.52. The highest BCUT2D eigenvalue weighted by atomic mass is 35.5. The first-order valence-corrected chi connectivity index (χ1v) is 6.04. The molecule has 1 aromatic rings. The normalized spacial score (nSPS) is 20.6. The summed E-state index contributed by atoms with van der Waals surface area (Å²) >= 11 is 0. The average Bonchev–Trinajstić information content (AvgIpc) is 2.87. The van der Waals surface area contributed by atoms with Crippen molar-refractivity contribution in [3.8, 4) is 0 Å². The van der Waals surface area contributed by atoms with Crippen LogP contribution in [-0.4, -0.2) is 48.2 Å². The molecule has 0 aromatic carbocycles. The number of rotatable bonds is 5. The summed E-state index contributed by atoms with van der Waals surface area (Å²) in [5, 5.41) is 6.28. The van der Waals surface area contributed by atoms with Crippen molar-refractivity contribution < 1.29 is 9.53 Å². The van der Waals surface area contributed by atoms with Crippen molar-refractivity contribution in [2.24, 2.45) is 0 Å². The lowest BCUT2D eigenvalue weighted by Gasteiger charge is -2.28. The number of halogens is 2. The highest BCUT2D eigenvalue weighted by molar-refractivity contribution is 5.91. The van der Waals surface area contributed by atoms with Crippen LogP contribution in [0.3, 0.4) is 0 Å². The van der Waals surface area contributed by atoms with Gasteiger partial charge >= 0.3 is 0 Å². The molecule has 1 aliphatic rings. The SMILES string of the molecule is COCC1(CNC(=O)c2cnccn2)CCCN1.Cl.Cl. The highest BCUT2D eigenvalue weighted by Crippen LogP contribution is 2.18. The first-order chi connectivity index (χ1) is 8.76. The Balaban J connectivity index is 0.00000180. The van der Waals surface area contributed by atoms with Crippen molar-refractivity contribution >= 4 is 30.7 Å². The first-order valence-electron chi connectivity index (χ1n) is 6.04. The maximum Gasteiger partial charge on any atom is 0.271 e. The van der Waals surface area contributed by atoms with Gasteiger partial charge in [0.2, 0.25) is 0 Å². The van der Waals surface area contributed by atoms with Gasteiger partial charge in [-0.25, -0.2) is 4.98 Å². The Bertz CT molecular complexity index is 400. The molecule has 8 heteroatoms. The van der Waals surface area contributed by atoms with Crippen LogP contribution in [0.1, 0.15) is 23.3 Å². The summed E-state index contributed by atoms with van der Waals surface area (Å²) < 4.78 is 5.23. The van der Waals surface area contributed by atoms with Crippen LogP contribution < -0.4 is 10.6 Å². The Hall–Kier alpha value is -0.950. The molecule has 0 spiro atoms. The minimum Gasteiger partial charge on any atom is -0.383 e. The third-order valence-corrected chi connectivity index (χ3v) is 3.14. The standard InChI is InChI=1S/C12H18N4O2.2ClH/c1-18-9-12(3-2-4-16-12)8-15-11(17)10-7-13-5-6-14-10;;/h5-7,16H,2-4,8-9H2,1H3,(H,15,17);2*1H. The summed E-state index contributed by atoms with van der Waals surface area (Å²) in [6.07, 6.45) is 6.61. The number of ether oxygens (including phenoxy) is 1. The number of amides is 1. The molecule has 1 aromatic heterocycles. The molecule has 1 fully saturated rings. The molecule has 1 saturated heterocycles. The molecule has 1 amide bonds. The number of nitrogens with one attached hydrogen (secondary N) is 2. The molecule has 1 atom stereocenters. The molecule has 6 nitrogen and oxygen atoms in total. The summed E-state index contributed by atoms with van der Waals surface area (Å²) in [5.74, 6) is -0.202. The van der Waals surface area contributed by atoms with E-state index in [0.717, 1.165) is 19.4 Å². The van der Waals surface area contributed by atoms with Gasteiger partial charge in [-0.15, -0.1) is 24.8 Å². The molecule has 2 heterocycles. The van der Waals surface area contributed by atoms with Gasteiger partial charge in [-0.1, -0.05) is 0 Å². The lowest BCUT2D eigenvalue weighted by atomic mass is 9.98. The van der Waals surface area contributed by atoms with Gasteiger partial charge in [0.25, 0.3) is 5.91 Å². The minimum absolute atomic E-state index is 0. The van der Waals surface area contributed by atoms with E-state index in [0.29, 0.717) is 18.8 Å². The van der Waals surface area contributed by atoms with E-state index < -0.39 is 0 Å². The molecule has 1 aliphatic heterocycles. The number of aromatic nitrogens is 2. The Labute approximate surface area is 130 Å². The zero-order valence-electron chi connectivity index (χ0n) is 11.3. The van der Waals surface area contributed by atoms with Crippen LogP contribution >= 0.6 is 24.8 Å². The molecule has 0 aliphatic carbocycles. The molecule has 2 rings (SSSR count). The fourth-order valence-corrected chi connectivity index (χ4v) is 2.23. The van der Waals surface area contributed by atoms with Gasteiger partial charge in [0.1, 0.15) is 5.69 Å². The van der Waals surface area contributed by atoms with E-state index in [1.807, 2.05) is 0 Å². The van der Waals surface area contributed by atoms with E-state index >= 15 is 0 Å². The van der Waals surface area contributed by atoms with E-state index in [4.69, 9.17) is 4.74 Å². The van der Waals surface area contributed by atoms with Crippen LogP contribution in [0.5, 0.6) is 0 Å². The third-order valence-electron chi connectivity index (χ3n) is 3.14. The predicted molar refractivity (Wildman–Crippen MR) is 80.7 cm³/mol. The quantitative estimate of drug-likeness (QED) is 0.839. The van der Waals surface area contributed by atoms with Gasteiger partial charge in [-0.05, 0) is 19.4 Å². The fraction of sp³-hybridized carbons (Fsp3) is 0.583. The summed E-state index contributed by atoms with van der Waals surface area (Å²) in [6.45, 7) is 2.09. The van der Waals surface area contributed by atoms with Gasteiger partial charge in [0.15, 0.2) is 0 Å². The lowest BCUT2D eigenvalue weighted by Crippen LogP contribution is -2.53. The van der Waals surface area contributed by atoms with Crippen LogP contribution in [0.25, 0.3) is 0 Å². The van der Waals surface area contributed by atoms with Gasteiger partial charge in [0, 0.05) is 26.0 Å². The van der Waals surface area contributed by atoms with Gasteiger partial charge in [-0.3, -0.25) is 9.78 Å². The second kappa shape index (κ2) is 9.07. The van der Waals surface area contributed by atoms with Crippen molar-refractivity contribution in [1.82, 2.24) is 20.6 Å². The highest BCUT2D eigenvalue weighted by Gasteiger charge is 2.33. The Morgan fingerprint density at radius 2 is 2.30 bits per heavy atom. The van der Waals surface area contributed by atoms with Crippen molar-refractivity contribution in [2.45, 2.75) is 18.4 Å². The maximum atomic E-state index is 11.9. The lowest BCUT2D eigenvalue weighted by molar-refractivity contribution is 0.0887. The van der Waals surface area contributed by atoms with E-state index in [9.17, 15) is 4.79 Å². The van der Waals surface area contributed by atoms with E-state index in [-0.39, 0.29) is 36.3 Å². The largest absolute Gasteiger partial charge is 0.383 e. The molecular formula is C12H20Cl2N4O2. The van der Waals surface area contributed by atoms with Gasteiger partial charge in [-0.2, -0.15) is 0 Å². The van der Waals surface area contributed by atoms with Gasteiger partial charge < -0.3 is 15.4 Å². The second-order valence-electron chi connectivity index (χ2n) is 4.52. The number of hydrogen-bond donors (Lipinski definition) is 2. The number of nitrogens with zero attached hydrogens (tertiary/aromatic N) is 2. The fourth-order valence-electron chi connectivity index (χ4n) is 2.23. The predicted octanol–water partition coefficient (Wildman–Crippen LogP) is 0.819. The number of carbonyl (C=O) groups excluding carboxylic acids is 1. The van der Waals surface area contributed by atoms with E-state index in [1.165, 1.54) is 12.4 Å². The molecule has 0 saturated carbocycles. The molecule has 1 unspecified atom stereocenters. The zero-order chi connectivity index (χ0) is 12.8. The molecule has 20 heavy (non-hydrogen) atoms. The summed E-state index contributed by atoms with van der Waals surface area (Å²) in [7, 11) is 1.67. The Morgan fingerprint density at radius 1 is 1.50 bits per heavy atom. The summed E-state index contributed by atoms with van der Waals surface area (Å²) in [4.78, 5) is 19.7. The Kier molecular flexibility index (Phi) is 8.64. The smallest absolute Gasteiger partial charge is 0.271 e. The van der Waals surface area contributed by atoms with E-state index in [1.54, 1.807) is 13.3 Å². The van der Waals surface area contributed by atoms with Crippen LogP contribution in [-0.2, 0) is 4.74 Å². The molecular weight excluding hydrogens is 303 g/mol. The Morgan fingerprint density at radius 3 is 2.85 bits per heavy atom. The molecule has 114 valence electrons. The van der Waals surface area contributed by atoms with Gasteiger partial charge in [0.05, 0.1) is 18.3 Å². The van der Waals surface area contributed by atoms with E-state index in [2.05, 4.69) is 20.6 Å². The van der Waals surface area contributed by atoms with Crippen LogP contribution in [0, 0.1) is 0 Å². The van der Waals surface area contributed by atoms with Crippen molar-refractivity contribution in [2.75, 3.05) is 26.8 Å². The van der Waals surface area contributed by atoms with Crippen LogP contribution in [0.15, 0.2) is 18.6 Å². The summed E-state index contributed by atoms with van der Waals surface area (Å²) in [5.41, 5.74) is 0.190. The number of hydrogen-bond acceptors (Lipinski definition) is 5. The van der Waals surface area contributed by atoms with Crippen LogP contribution in [0.2, 0.25) is 0 Å². The molecule has 0 bridgehead atoms. The third kappa shape index (κ3) is 4.86. The zero-order valence-corrected chi connectivity index (χ0v) is 12.9. The first kappa shape index (κ1) is 19.1. The molecule has 0 radical (unpaired) electrons. The molecule has 2 N–H and O–H groups in total. The summed E-state index contributed by atoms with van der Waals surface area (Å²) in [6, 6.07) is 0. The van der Waals surface area contributed by atoms with Crippen molar-refractivity contribution in [3.63, 3.8) is 0 Å². The topological polar surface area (TPSA) is 76.1 Å². The van der Waals surface area contributed by atoms with Crippen LogP contribution in [0.4, 0.5) is 0 Å². The average molecular weight is 323 g/mol.